The van der Waals surface area contributed by atoms with Crippen LogP contribution < -0.4 is 5.32 Å². The van der Waals surface area contributed by atoms with E-state index in [1.807, 2.05) is 27.0 Å². The summed E-state index contributed by atoms with van der Waals surface area (Å²) in [6, 6.07) is 1.68. The zero-order valence-electron chi connectivity index (χ0n) is 10.7. The van der Waals surface area contributed by atoms with Gasteiger partial charge in [0.05, 0.1) is 23.2 Å². The lowest BCUT2D eigenvalue weighted by Gasteiger charge is -2.12. The van der Waals surface area contributed by atoms with Gasteiger partial charge in [0.25, 0.3) is 5.91 Å². The Morgan fingerprint density at radius 1 is 1.67 bits per heavy atom. The average Bonchev–Trinajstić information content (AvgIpc) is 2.89. The second kappa shape index (κ2) is 5.07. The highest BCUT2D eigenvalue weighted by Crippen LogP contribution is 2.27. The number of nitrogens with zero attached hydrogens (tertiary/aromatic N) is 2. The van der Waals surface area contributed by atoms with Crippen molar-refractivity contribution in [1.29, 1.82) is 0 Å². The number of aliphatic hydroxyl groups excluding tert-OH is 1. The molecule has 0 unspecified atom stereocenters. The van der Waals surface area contributed by atoms with Gasteiger partial charge in [-0.25, -0.2) is 0 Å². The molecule has 1 atom stereocenters. The van der Waals surface area contributed by atoms with Crippen LogP contribution in [-0.4, -0.2) is 33.4 Å². The van der Waals surface area contributed by atoms with Crippen LogP contribution in [0.1, 0.15) is 28.7 Å². The van der Waals surface area contributed by atoms with Crippen molar-refractivity contribution >= 4 is 27.5 Å². The Balaban J connectivity index is 2.26. The predicted molar refractivity (Wildman–Crippen MR) is 72.0 cm³/mol. The molecule has 0 aromatic carbocycles. The first kappa shape index (κ1) is 13.0. The smallest absolute Gasteiger partial charge is 0.261 e. The molecular formula is C12H17N3O2S. The summed E-state index contributed by atoms with van der Waals surface area (Å²) in [5.41, 5.74) is 0.928. The standard InChI is InChI=1S/C12H17N3O2S/c1-4-8(6-16)13-11(17)10-5-9-7(2)14-15(3)12(9)18-10/h5,8,16H,4,6H2,1-3H3,(H,13,17)/t8-/m0/s1. The molecule has 0 aliphatic rings. The summed E-state index contributed by atoms with van der Waals surface area (Å²) in [5.74, 6) is -0.128. The summed E-state index contributed by atoms with van der Waals surface area (Å²) in [6.45, 7) is 3.83. The van der Waals surface area contributed by atoms with Gasteiger partial charge in [0, 0.05) is 12.4 Å². The largest absolute Gasteiger partial charge is 0.394 e. The maximum Gasteiger partial charge on any atom is 0.261 e. The molecule has 1 amide bonds. The number of carbonyl (C=O) groups is 1. The summed E-state index contributed by atoms with van der Waals surface area (Å²) in [7, 11) is 1.87. The van der Waals surface area contributed by atoms with Crippen molar-refractivity contribution in [2.45, 2.75) is 26.3 Å². The highest BCUT2D eigenvalue weighted by atomic mass is 32.1. The molecule has 0 bridgehead atoms. The van der Waals surface area contributed by atoms with Crippen LogP contribution in [0.15, 0.2) is 6.07 Å². The molecule has 2 aromatic rings. The maximum atomic E-state index is 12.0. The van der Waals surface area contributed by atoms with Crippen LogP contribution >= 0.6 is 11.3 Å². The first-order valence-electron chi connectivity index (χ1n) is 5.91. The number of aromatic nitrogens is 2. The van der Waals surface area contributed by atoms with Gasteiger partial charge in [-0.1, -0.05) is 6.92 Å². The van der Waals surface area contributed by atoms with Crippen molar-refractivity contribution in [2.75, 3.05) is 6.61 Å². The van der Waals surface area contributed by atoms with Gasteiger partial charge in [0.2, 0.25) is 0 Å². The first-order chi connectivity index (χ1) is 8.56. The molecule has 0 saturated carbocycles. The summed E-state index contributed by atoms with van der Waals surface area (Å²) >= 11 is 1.42. The molecule has 5 nitrogen and oxygen atoms in total. The van der Waals surface area contributed by atoms with E-state index in [0.29, 0.717) is 11.3 Å². The number of carbonyl (C=O) groups excluding carboxylic acids is 1. The molecule has 0 fully saturated rings. The van der Waals surface area contributed by atoms with E-state index >= 15 is 0 Å². The zero-order chi connectivity index (χ0) is 13.3. The lowest BCUT2D eigenvalue weighted by molar-refractivity contribution is 0.0919. The number of aryl methyl sites for hydroxylation is 2. The number of fused-ring (bicyclic) bond motifs is 1. The Morgan fingerprint density at radius 3 is 2.94 bits per heavy atom. The SMILES string of the molecule is CC[C@@H](CO)NC(=O)c1cc2c(C)nn(C)c2s1. The van der Waals surface area contributed by atoms with Crippen LogP contribution in [-0.2, 0) is 7.05 Å². The number of rotatable bonds is 4. The topological polar surface area (TPSA) is 67.2 Å². The Kier molecular flexibility index (Phi) is 3.68. The Labute approximate surface area is 109 Å². The van der Waals surface area contributed by atoms with E-state index in [1.165, 1.54) is 11.3 Å². The van der Waals surface area contributed by atoms with E-state index in [1.54, 1.807) is 4.68 Å². The molecule has 6 heteroatoms. The second-order valence-electron chi connectivity index (χ2n) is 4.30. The Morgan fingerprint density at radius 2 is 2.39 bits per heavy atom. The summed E-state index contributed by atoms with van der Waals surface area (Å²) in [4.78, 5) is 13.7. The lowest BCUT2D eigenvalue weighted by atomic mass is 10.2. The van der Waals surface area contributed by atoms with E-state index < -0.39 is 0 Å². The lowest BCUT2D eigenvalue weighted by Crippen LogP contribution is -2.36. The molecule has 2 N–H and O–H groups in total. The molecule has 2 heterocycles. The monoisotopic (exact) mass is 267 g/mol. The van der Waals surface area contributed by atoms with Crippen molar-refractivity contribution in [3.8, 4) is 0 Å². The van der Waals surface area contributed by atoms with Crippen LogP contribution in [0.4, 0.5) is 0 Å². The average molecular weight is 267 g/mol. The maximum absolute atomic E-state index is 12.0. The van der Waals surface area contributed by atoms with Crippen molar-refractivity contribution in [3.05, 3.63) is 16.6 Å². The van der Waals surface area contributed by atoms with Gasteiger partial charge in [-0.15, -0.1) is 11.3 Å². The molecule has 98 valence electrons. The minimum Gasteiger partial charge on any atom is -0.394 e. The van der Waals surface area contributed by atoms with E-state index in [-0.39, 0.29) is 18.6 Å². The summed E-state index contributed by atoms with van der Waals surface area (Å²) in [6.07, 6.45) is 0.716. The number of aliphatic hydroxyl groups is 1. The number of amides is 1. The van der Waals surface area contributed by atoms with E-state index in [9.17, 15) is 4.79 Å². The van der Waals surface area contributed by atoms with Crippen molar-refractivity contribution < 1.29 is 9.90 Å². The molecule has 0 aliphatic heterocycles. The number of hydrogen-bond acceptors (Lipinski definition) is 4. The van der Waals surface area contributed by atoms with Gasteiger partial charge in [-0.3, -0.25) is 9.48 Å². The summed E-state index contributed by atoms with van der Waals surface area (Å²) < 4.78 is 1.79. The third-order valence-corrected chi connectivity index (χ3v) is 4.17. The van der Waals surface area contributed by atoms with E-state index in [2.05, 4.69) is 10.4 Å². The number of nitrogens with one attached hydrogen (secondary N) is 1. The highest BCUT2D eigenvalue weighted by molar-refractivity contribution is 7.20. The van der Waals surface area contributed by atoms with Gasteiger partial charge in [0.15, 0.2) is 0 Å². The Hall–Kier alpha value is -1.40. The molecule has 18 heavy (non-hydrogen) atoms. The first-order valence-corrected chi connectivity index (χ1v) is 6.73. The van der Waals surface area contributed by atoms with Crippen LogP contribution in [0.3, 0.4) is 0 Å². The minimum absolute atomic E-state index is 0.0340. The fourth-order valence-corrected chi connectivity index (χ4v) is 2.88. The quantitative estimate of drug-likeness (QED) is 0.881. The van der Waals surface area contributed by atoms with Gasteiger partial charge in [-0.2, -0.15) is 5.10 Å². The van der Waals surface area contributed by atoms with E-state index in [0.717, 1.165) is 15.9 Å². The highest BCUT2D eigenvalue weighted by Gasteiger charge is 2.17. The van der Waals surface area contributed by atoms with Gasteiger partial charge >= 0.3 is 0 Å². The normalized spacial score (nSPS) is 12.9. The van der Waals surface area contributed by atoms with E-state index in [4.69, 9.17) is 5.11 Å². The Bertz CT molecular complexity index is 535. The van der Waals surface area contributed by atoms with Crippen LogP contribution in [0, 0.1) is 6.92 Å². The van der Waals surface area contributed by atoms with Gasteiger partial charge < -0.3 is 10.4 Å². The van der Waals surface area contributed by atoms with Gasteiger partial charge in [-0.05, 0) is 19.4 Å². The molecule has 0 saturated heterocycles. The predicted octanol–water partition coefficient (Wildman–Crippen LogP) is 1.44. The second-order valence-corrected chi connectivity index (χ2v) is 5.33. The fraction of sp³-hybridized carbons (Fsp3) is 0.500. The molecular weight excluding hydrogens is 250 g/mol. The fourth-order valence-electron chi connectivity index (χ4n) is 1.85. The van der Waals surface area contributed by atoms with Crippen LogP contribution in [0.2, 0.25) is 0 Å². The zero-order valence-corrected chi connectivity index (χ0v) is 11.5. The molecule has 0 aliphatic carbocycles. The molecule has 2 rings (SSSR count). The molecule has 0 radical (unpaired) electrons. The number of thiophene rings is 1. The number of hydrogen-bond donors (Lipinski definition) is 2. The third kappa shape index (κ3) is 2.26. The molecule has 0 spiro atoms. The van der Waals surface area contributed by atoms with Crippen molar-refractivity contribution in [1.82, 2.24) is 15.1 Å². The van der Waals surface area contributed by atoms with Crippen LogP contribution in [0.5, 0.6) is 0 Å². The summed E-state index contributed by atoms with van der Waals surface area (Å²) in [5, 5.41) is 17.2. The van der Waals surface area contributed by atoms with Crippen molar-refractivity contribution in [2.24, 2.45) is 7.05 Å². The van der Waals surface area contributed by atoms with Gasteiger partial charge in [0.1, 0.15) is 4.83 Å². The minimum atomic E-state index is -0.179. The molecule has 2 aromatic heterocycles. The van der Waals surface area contributed by atoms with Crippen LogP contribution in [0.25, 0.3) is 10.2 Å². The van der Waals surface area contributed by atoms with Crippen molar-refractivity contribution in [3.63, 3.8) is 0 Å². The third-order valence-electron chi connectivity index (χ3n) is 2.97.